The molecule has 3 fully saturated rings. The van der Waals surface area contributed by atoms with Crippen molar-refractivity contribution in [2.45, 2.75) is 172 Å². The standard InChI is InChI=1S/C96H66N6O9/c1-4-7-10-13-16-19-22-25-28-29-32-35-38-41-44-59-91(103)111-84-68-82-74-101-89-57-49-47-55-87(89)99-72-80-64-76(66-92(104)109-60-51-42-39-36-33-30-26-23-20-17-14-11-8-5-2)62-78(94(80)106)70-97-85-53-45-46-54-86(85)98-71-79-63-77(67-93(105)110-61-52-43-40-37-34-31-27-24-21-18-15-12-9-6-3)65-81(95(79)107)73-100-88-56-48-50-58-90(88)102-75-83(69-84)96(82)108/h1-3,62-65,68-69,85-90,97-102,106-108H,45-50,53-59,66-67,70-75H2. The molecule has 4 aliphatic rings. The second kappa shape index (κ2) is 50.2. The molecule has 1 heterocycles. The summed E-state index contributed by atoms with van der Waals surface area (Å²) in [6, 6.07) is 9.79. The van der Waals surface area contributed by atoms with Crippen molar-refractivity contribution in [3.63, 3.8) is 0 Å². The Morgan fingerprint density at radius 2 is 0.523 bits per heavy atom. The first-order valence-electron chi connectivity index (χ1n) is 34.9. The molecule has 111 heavy (non-hydrogen) atoms. The molecule has 3 saturated carbocycles. The molecular weight excluding hydrogens is 1380 g/mol. The lowest BCUT2D eigenvalue weighted by molar-refractivity contribution is -0.137. The van der Waals surface area contributed by atoms with Crippen LogP contribution in [0.15, 0.2) is 36.4 Å². The zero-order chi connectivity index (χ0) is 78.4. The summed E-state index contributed by atoms with van der Waals surface area (Å²) in [5.41, 5.74) is 4.29. The van der Waals surface area contributed by atoms with Gasteiger partial charge in [0.2, 0.25) is 0 Å². The first-order chi connectivity index (χ1) is 54.5. The molecule has 1 aliphatic heterocycles. The minimum atomic E-state index is -0.659. The van der Waals surface area contributed by atoms with Crippen molar-refractivity contribution < 1.29 is 43.9 Å². The van der Waals surface area contributed by atoms with Crippen LogP contribution >= 0.6 is 0 Å². The molecule has 0 aromatic heterocycles. The monoisotopic (exact) mass is 1450 g/mol. The van der Waals surface area contributed by atoms with E-state index in [0.29, 0.717) is 44.5 Å². The summed E-state index contributed by atoms with van der Waals surface area (Å²) < 4.78 is 16.5. The van der Waals surface area contributed by atoms with E-state index in [4.69, 9.17) is 33.5 Å². The molecule has 9 N–H and O–H groups in total. The normalized spacial score (nSPS) is 16.2. The van der Waals surface area contributed by atoms with Crippen LogP contribution in [-0.4, -0.2) is 69.5 Å². The molecule has 0 spiro atoms. The Labute approximate surface area is 651 Å². The number of phenols is 3. The highest BCUT2D eigenvalue weighted by molar-refractivity contribution is 5.76. The number of nitrogens with one attached hydrogen (secondary N) is 6. The van der Waals surface area contributed by atoms with Crippen molar-refractivity contribution in [3.8, 4) is 309 Å². The second-order valence-electron chi connectivity index (χ2n) is 24.0. The summed E-state index contributed by atoms with van der Waals surface area (Å²) in [4.78, 5) is 40.4. The molecule has 15 heteroatoms. The van der Waals surface area contributed by atoms with E-state index < -0.39 is 17.9 Å². The van der Waals surface area contributed by atoms with Crippen LogP contribution in [0.5, 0.6) is 23.0 Å². The van der Waals surface area contributed by atoms with E-state index in [1.807, 2.05) is 0 Å². The van der Waals surface area contributed by atoms with Crippen LogP contribution in [0.3, 0.4) is 0 Å². The highest BCUT2D eigenvalue weighted by Gasteiger charge is 2.30. The van der Waals surface area contributed by atoms with Crippen LogP contribution in [0.2, 0.25) is 0 Å². The molecule has 15 nitrogen and oxygen atoms in total. The number of hydrogen-bond donors (Lipinski definition) is 9. The van der Waals surface area contributed by atoms with E-state index in [2.05, 4.69) is 299 Å². The van der Waals surface area contributed by atoms with Gasteiger partial charge >= 0.3 is 17.9 Å². The van der Waals surface area contributed by atoms with E-state index in [0.717, 1.165) is 77.0 Å². The van der Waals surface area contributed by atoms with Crippen LogP contribution in [0, 0.1) is 286 Å². The minimum Gasteiger partial charge on any atom is -0.507 e. The fraction of sp³-hybridized carbons (Fsp3) is 0.281. The average Bonchev–Trinajstić information content (AvgIpc) is 0.888. The lowest BCUT2D eigenvalue weighted by Gasteiger charge is -2.34. The predicted molar refractivity (Wildman–Crippen MR) is 423 cm³/mol. The number of hydrogen-bond acceptors (Lipinski definition) is 15. The lowest BCUT2D eigenvalue weighted by atomic mass is 9.89. The molecule has 3 aromatic rings. The van der Waals surface area contributed by atoms with Gasteiger partial charge < -0.3 is 61.4 Å². The van der Waals surface area contributed by atoms with E-state index in [1.165, 1.54) is 0 Å². The van der Waals surface area contributed by atoms with Gasteiger partial charge in [-0.1, -0.05) is 68.7 Å². The van der Waals surface area contributed by atoms with Gasteiger partial charge in [0.1, 0.15) is 41.6 Å². The second-order valence-corrected chi connectivity index (χ2v) is 24.0. The number of terminal acetylenes is 3. The SMILES string of the molecule is C#CC#CC#CC#CC#CC#CC#CC#CCC(=O)Oc1cc2c(O)c(c1)CNC1CCCCC1NCc1cc(CC(=O)OC#CC#CC#CC#CC#CC#CC#CC#C)cc(c1O)CNC1CCCCC1NCc1cc(CC(=O)OC#CC#CC#CC#CC#CC#CC#CC#C)cc(c1O)CNC1CCCCC1NC2. The number of aromatic hydroxyl groups is 3. The van der Waals surface area contributed by atoms with Gasteiger partial charge in [-0.25, -0.2) is 0 Å². The number of benzene rings is 3. The Morgan fingerprint density at radius 1 is 0.306 bits per heavy atom. The number of carbonyl (C=O) groups excluding carboxylic acids is 3. The minimum absolute atomic E-state index is 0.0108. The number of carbonyl (C=O) groups is 3. The van der Waals surface area contributed by atoms with Gasteiger partial charge in [0.25, 0.3) is 0 Å². The maximum atomic E-state index is 13.5. The Kier molecular flexibility index (Phi) is 37.5. The maximum absolute atomic E-state index is 13.5. The Morgan fingerprint density at radius 3 is 0.766 bits per heavy atom. The van der Waals surface area contributed by atoms with Crippen LogP contribution in [0.4, 0.5) is 0 Å². The third-order valence-corrected chi connectivity index (χ3v) is 16.7. The number of rotatable bonds is 6. The molecule has 6 unspecified atom stereocenters. The van der Waals surface area contributed by atoms with Gasteiger partial charge in [0.15, 0.2) is 0 Å². The molecule has 0 radical (unpaired) electrons. The third-order valence-electron chi connectivity index (χ3n) is 16.7. The van der Waals surface area contributed by atoms with E-state index >= 15 is 0 Å². The lowest BCUT2D eigenvalue weighted by Crippen LogP contribution is -2.49. The quantitative estimate of drug-likeness (QED) is 0.0900. The van der Waals surface area contributed by atoms with Crippen LogP contribution in [0.25, 0.3) is 0 Å². The molecule has 0 saturated heterocycles. The van der Waals surface area contributed by atoms with Gasteiger partial charge in [-0.2, -0.15) is 0 Å². The van der Waals surface area contributed by atoms with Crippen molar-refractivity contribution in [3.05, 3.63) is 80.9 Å². The fourth-order valence-electron chi connectivity index (χ4n) is 11.9. The van der Waals surface area contributed by atoms with E-state index in [1.54, 1.807) is 36.4 Å². The van der Waals surface area contributed by atoms with E-state index in [-0.39, 0.29) is 118 Å². The summed E-state index contributed by atoms with van der Waals surface area (Å²) >= 11 is 0. The topological polar surface area (TPSA) is 212 Å². The Hall–Kier alpha value is -15.3. The number of ether oxygens (including phenoxy) is 3. The van der Waals surface area contributed by atoms with Gasteiger partial charge in [0, 0.05) is 192 Å². The molecule has 3 aliphatic carbocycles. The van der Waals surface area contributed by atoms with Crippen molar-refractivity contribution in [1.82, 2.24) is 31.9 Å². The predicted octanol–water partition coefficient (Wildman–Crippen LogP) is 5.04. The van der Waals surface area contributed by atoms with Gasteiger partial charge in [-0.3, -0.25) is 14.4 Å². The van der Waals surface area contributed by atoms with Crippen LogP contribution < -0.4 is 36.6 Å². The third kappa shape index (κ3) is 32.3. The smallest absolute Gasteiger partial charge is 0.324 e. The average molecular weight is 1450 g/mol. The van der Waals surface area contributed by atoms with Crippen molar-refractivity contribution in [2.24, 2.45) is 0 Å². The Balaban J connectivity index is 1.17. The number of phenolic OH excluding ortho intramolecular Hbond substituents is 3. The van der Waals surface area contributed by atoms with Crippen molar-refractivity contribution in [2.75, 3.05) is 0 Å². The number of esters is 3. The molecular formula is C96H66N6O9. The highest BCUT2D eigenvalue weighted by atomic mass is 16.5. The maximum Gasteiger partial charge on any atom is 0.324 e. The zero-order valence-electron chi connectivity index (χ0n) is 60.3. The van der Waals surface area contributed by atoms with Gasteiger partial charge in [-0.05, 0) is 228 Å². The molecule has 6 bridgehead atoms. The first kappa shape index (κ1) is 82.9. The summed E-state index contributed by atoms with van der Waals surface area (Å²) in [6.45, 7) is 1.27. The summed E-state index contributed by atoms with van der Waals surface area (Å²) in [5.74, 6) is 105. The Bertz CT molecular complexity index is 5040. The largest absolute Gasteiger partial charge is 0.507 e. The van der Waals surface area contributed by atoms with E-state index in [9.17, 15) is 29.7 Å². The zero-order valence-corrected chi connectivity index (χ0v) is 60.3. The summed E-state index contributed by atoms with van der Waals surface area (Å²) in [7, 11) is 0. The fourth-order valence-corrected chi connectivity index (χ4v) is 11.9. The molecule has 6 atom stereocenters. The molecule has 3 aromatic carbocycles. The van der Waals surface area contributed by atoms with Crippen molar-refractivity contribution >= 4 is 17.9 Å². The van der Waals surface area contributed by atoms with Gasteiger partial charge in [-0.15, -0.1) is 19.3 Å². The molecule has 0 amide bonds. The van der Waals surface area contributed by atoms with Crippen molar-refractivity contribution in [1.29, 1.82) is 0 Å². The van der Waals surface area contributed by atoms with Crippen LogP contribution in [-0.2, 0) is 76.0 Å². The van der Waals surface area contributed by atoms with Crippen LogP contribution in [0.1, 0.15) is 128 Å². The summed E-state index contributed by atoms with van der Waals surface area (Å²) in [6.07, 6.45) is 29.5. The first-order valence-corrected chi connectivity index (χ1v) is 34.9. The summed E-state index contributed by atoms with van der Waals surface area (Å²) in [5, 5.41) is 59.0. The number of fused-ring (bicyclic) bond motifs is 9. The van der Waals surface area contributed by atoms with Gasteiger partial charge in [0.05, 0.1) is 12.8 Å². The molecule has 7 rings (SSSR count). The highest BCUT2D eigenvalue weighted by Crippen LogP contribution is 2.33. The molecule has 534 valence electrons.